The van der Waals surface area contributed by atoms with Crippen LogP contribution in [0.2, 0.25) is 0 Å². The number of amides is 3. The number of nitrogens with one attached hydrogen (secondary N) is 1. The number of rotatable bonds is 10. The fourth-order valence-electron chi connectivity index (χ4n) is 3.27. The van der Waals surface area contributed by atoms with Gasteiger partial charge in [0.05, 0.1) is 18.6 Å². The van der Waals surface area contributed by atoms with Crippen molar-refractivity contribution < 1.29 is 33.4 Å². The first-order valence-electron chi connectivity index (χ1n) is 11.7. The number of anilines is 1. The standard InChI is InChI=1S/C27H30N2O7S/c1-16(2)14-36-25(31)13-29-26(32)23(37-27(29)33)12-19-7-9-21(22(11-19)34-5)35-15-24(30)28-20-8-6-17(3)18(4)10-20/h6-12,16H,13-15H2,1-5H3,(H,28,30)/b23-12+. The first kappa shape index (κ1) is 27.8. The number of carbonyl (C=O) groups excluding carboxylic acids is 4. The van der Waals surface area contributed by atoms with Crippen LogP contribution < -0.4 is 14.8 Å². The van der Waals surface area contributed by atoms with Crippen LogP contribution in [0.4, 0.5) is 10.5 Å². The van der Waals surface area contributed by atoms with Gasteiger partial charge < -0.3 is 19.5 Å². The summed E-state index contributed by atoms with van der Waals surface area (Å²) >= 11 is 0.743. The molecule has 2 aromatic rings. The Kier molecular flexibility index (Phi) is 9.35. The van der Waals surface area contributed by atoms with Gasteiger partial charge in [-0.2, -0.15) is 0 Å². The van der Waals surface area contributed by atoms with Crippen LogP contribution in [0.15, 0.2) is 41.3 Å². The summed E-state index contributed by atoms with van der Waals surface area (Å²) in [6, 6.07) is 10.6. The van der Waals surface area contributed by atoms with Crippen molar-refractivity contribution in [3.05, 3.63) is 58.0 Å². The predicted octanol–water partition coefficient (Wildman–Crippen LogP) is 4.57. The van der Waals surface area contributed by atoms with Crippen LogP contribution in [0.1, 0.15) is 30.5 Å². The Hall–Kier alpha value is -3.79. The van der Waals surface area contributed by atoms with E-state index in [4.69, 9.17) is 14.2 Å². The van der Waals surface area contributed by atoms with E-state index in [1.807, 2.05) is 45.9 Å². The van der Waals surface area contributed by atoms with Crippen LogP contribution in [-0.4, -0.2) is 54.8 Å². The van der Waals surface area contributed by atoms with E-state index in [1.165, 1.54) is 13.2 Å². The second-order valence-corrected chi connectivity index (χ2v) is 9.88. The maximum absolute atomic E-state index is 12.7. The summed E-state index contributed by atoms with van der Waals surface area (Å²) in [5.41, 5.74) is 3.46. The molecule has 0 unspecified atom stereocenters. The van der Waals surface area contributed by atoms with Crippen LogP contribution in [0.25, 0.3) is 6.08 Å². The zero-order chi connectivity index (χ0) is 27.1. The number of imide groups is 1. The molecule has 0 bridgehead atoms. The summed E-state index contributed by atoms with van der Waals surface area (Å²) in [6.45, 7) is 7.30. The summed E-state index contributed by atoms with van der Waals surface area (Å²) in [7, 11) is 1.46. The quantitative estimate of drug-likeness (QED) is 0.354. The van der Waals surface area contributed by atoms with Crippen LogP contribution in [0, 0.1) is 19.8 Å². The number of esters is 1. The van der Waals surface area contributed by atoms with E-state index in [0.29, 0.717) is 22.7 Å². The Labute approximate surface area is 220 Å². The lowest BCUT2D eigenvalue weighted by Crippen LogP contribution is -2.34. The number of carbonyl (C=O) groups is 4. The van der Waals surface area contributed by atoms with Gasteiger partial charge >= 0.3 is 5.97 Å². The summed E-state index contributed by atoms with van der Waals surface area (Å²) < 4.78 is 16.1. The maximum atomic E-state index is 12.7. The van der Waals surface area contributed by atoms with Crippen molar-refractivity contribution >= 4 is 46.5 Å². The van der Waals surface area contributed by atoms with E-state index in [9.17, 15) is 19.2 Å². The van der Waals surface area contributed by atoms with E-state index >= 15 is 0 Å². The third-order valence-electron chi connectivity index (χ3n) is 5.37. The van der Waals surface area contributed by atoms with Gasteiger partial charge in [0, 0.05) is 5.69 Å². The molecule has 1 fully saturated rings. The van der Waals surface area contributed by atoms with Gasteiger partial charge in [-0.1, -0.05) is 26.0 Å². The largest absolute Gasteiger partial charge is 0.493 e. The molecule has 0 atom stereocenters. The highest BCUT2D eigenvalue weighted by Crippen LogP contribution is 2.34. The van der Waals surface area contributed by atoms with Crippen molar-refractivity contribution in [2.45, 2.75) is 27.7 Å². The minimum Gasteiger partial charge on any atom is -0.493 e. The van der Waals surface area contributed by atoms with Crippen LogP contribution in [0.5, 0.6) is 11.5 Å². The second kappa shape index (κ2) is 12.4. The SMILES string of the molecule is COc1cc(/C=C2/SC(=O)N(CC(=O)OCC(C)C)C2=O)ccc1OCC(=O)Nc1ccc(C)c(C)c1. The number of hydrogen-bond acceptors (Lipinski definition) is 8. The lowest BCUT2D eigenvalue weighted by molar-refractivity contribution is -0.147. The Bertz CT molecular complexity index is 1240. The van der Waals surface area contributed by atoms with Gasteiger partial charge in [0.25, 0.3) is 17.1 Å². The van der Waals surface area contributed by atoms with Crippen LogP contribution >= 0.6 is 11.8 Å². The van der Waals surface area contributed by atoms with E-state index in [2.05, 4.69) is 5.32 Å². The normalized spacial score (nSPS) is 14.3. The third-order valence-corrected chi connectivity index (χ3v) is 6.28. The second-order valence-electron chi connectivity index (χ2n) is 8.89. The third kappa shape index (κ3) is 7.60. The molecule has 0 aromatic heterocycles. The molecule has 0 saturated carbocycles. The molecule has 10 heteroatoms. The zero-order valence-corrected chi connectivity index (χ0v) is 22.3. The van der Waals surface area contributed by atoms with Crippen molar-refractivity contribution in [1.29, 1.82) is 0 Å². The lowest BCUT2D eigenvalue weighted by atomic mass is 10.1. The number of ether oxygens (including phenoxy) is 3. The molecular weight excluding hydrogens is 496 g/mol. The van der Waals surface area contributed by atoms with E-state index in [0.717, 1.165) is 27.8 Å². The molecule has 1 heterocycles. The Morgan fingerprint density at radius 1 is 1.05 bits per heavy atom. The van der Waals surface area contributed by atoms with Gasteiger partial charge in [0.1, 0.15) is 6.54 Å². The molecule has 37 heavy (non-hydrogen) atoms. The van der Waals surface area contributed by atoms with Crippen molar-refractivity contribution in [2.75, 3.05) is 32.2 Å². The molecule has 2 aromatic carbocycles. The van der Waals surface area contributed by atoms with E-state index in [1.54, 1.807) is 18.2 Å². The van der Waals surface area contributed by atoms with Crippen molar-refractivity contribution in [1.82, 2.24) is 4.90 Å². The molecule has 1 saturated heterocycles. The number of hydrogen-bond donors (Lipinski definition) is 1. The minimum atomic E-state index is -0.637. The highest BCUT2D eigenvalue weighted by Gasteiger charge is 2.36. The number of benzene rings is 2. The summed E-state index contributed by atoms with van der Waals surface area (Å²) in [4.78, 5) is 50.3. The molecule has 0 spiro atoms. The van der Waals surface area contributed by atoms with Gasteiger partial charge in [-0.05, 0) is 78.6 Å². The van der Waals surface area contributed by atoms with Gasteiger partial charge in [-0.25, -0.2) is 0 Å². The Balaban J connectivity index is 1.63. The predicted molar refractivity (Wildman–Crippen MR) is 142 cm³/mol. The monoisotopic (exact) mass is 526 g/mol. The van der Waals surface area contributed by atoms with Crippen molar-refractivity contribution in [2.24, 2.45) is 5.92 Å². The fourth-order valence-corrected chi connectivity index (χ4v) is 4.11. The van der Waals surface area contributed by atoms with E-state index in [-0.39, 0.29) is 29.9 Å². The average molecular weight is 527 g/mol. The first-order chi connectivity index (χ1) is 17.6. The molecule has 0 radical (unpaired) electrons. The van der Waals surface area contributed by atoms with Crippen molar-refractivity contribution in [3.63, 3.8) is 0 Å². The average Bonchev–Trinajstić information content (AvgIpc) is 3.11. The molecule has 196 valence electrons. The molecule has 9 nitrogen and oxygen atoms in total. The number of methoxy groups -OCH3 is 1. The highest BCUT2D eigenvalue weighted by molar-refractivity contribution is 8.18. The number of aryl methyl sites for hydroxylation is 2. The van der Waals surface area contributed by atoms with Gasteiger partial charge in [-0.3, -0.25) is 24.1 Å². The van der Waals surface area contributed by atoms with Gasteiger partial charge in [-0.15, -0.1) is 0 Å². The van der Waals surface area contributed by atoms with Crippen LogP contribution in [-0.2, 0) is 19.1 Å². The fraction of sp³-hybridized carbons (Fsp3) is 0.333. The minimum absolute atomic E-state index is 0.146. The summed E-state index contributed by atoms with van der Waals surface area (Å²) in [5.74, 6) is -0.691. The summed E-state index contributed by atoms with van der Waals surface area (Å²) in [6.07, 6.45) is 1.53. The first-order valence-corrected chi connectivity index (χ1v) is 12.5. The zero-order valence-electron chi connectivity index (χ0n) is 21.5. The lowest BCUT2D eigenvalue weighted by Gasteiger charge is -2.13. The topological polar surface area (TPSA) is 111 Å². The van der Waals surface area contributed by atoms with Crippen molar-refractivity contribution in [3.8, 4) is 11.5 Å². The number of nitrogens with zero attached hydrogens (tertiary/aromatic N) is 1. The highest BCUT2D eigenvalue weighted by atomic mass is 32.2. The smallest absolute Gasteiger partial charge is 0.326 e. The van der Waals surface area contributed by atoms with E-state index < -0.39 is 23.7 Å². The Morgan fingerprint density at radius 3 is 2.49 bits per heavy atom. The molecule has 0 aliphatic carbocycles. The van der Waals surface area contributed by atoms with Gasteiger partial charge in [0.2, 0.25) is 0 Å². The molecule has 1 aliphatic heterocycles. The summed E-state index contributed by atoms with van der Waals surface area (Å²) in [5, 5.41) is 2.25. The maximum Gasteiger partial charge on any atom is 0.326 e. The Morgan fingerprint density at radius 2 is 1.81 bits per heavy atom. The van der Waals surface area contributed by atoms with Crippen LogP contribution in [0.3, 0.4) is 0 Å². The molecule has 1 aliphatic rings. The molecule has 1 N–H and O–H groups in total. The molecule has 3 rings (SSSR count). The number of thioether (sulfide) groups is 1. The van der Waals surface area contributed by atoms with Gasteiger partial charge in [0.15, 0.2) is 18.1 Å². The molecular formula is C27H30N2O7S. The molecule has 3 amide bonds.